The van der Waals surface area contributed by atoms with Crippen LogP contribution in [0.1, 0.15) is 27.1 Å². The summed E-state index contributed by atoms with van der Waals surface area (Å²) < 4.78 is 0. The molecule has 0 radical (unpaired) electrons. The van der Waals surface area contributed by atoms with Gasteiger partial charge in [-0.15, -0.1) is 0 Å². The Morgan fingerprint density at radius 3 is 1.36 bits per heavy atom. The lowest BCUT2D eigenvalue weighted by atomic mass is 10.0. The second-order valence-corrected chi connectivity index (χ2v) is 12.0. The van der Waals surface area contributed by atoms with Gasteiger partial charge in [-0.3, -0.25) is 9.59 Å². The maximum absolute atomic E-state index is 14.1. The highest BCUT2D eigenvalue weighted by atomic mass is 35.5. The van der Waals surface area contributed by atoms with Crippen molar-refractivity contribution in [3.05, 3.63) is 130 Å². The monoisotopic (exact) mass is 630 g/mol. The molecule has 0 saturated carbocycles. The van der Waals surface area contributed by atoms with Gasteiger partial charge in [-0.1, -0.05) is 83.9 Å². The standard InChI is InChI=1S/C37H28Cl2N4O2/c38-26-14-10-24(11-15-26)34-22-30(28-6-1-3-8-32(28)40-34)36(44)42-18-5-19-43(21-20-42)37(45)31-23-35(25-12-16-27(39)17-13-25)41-33-9-4-2-7-29(31)33/h1-4,6-17,22-23H,5,18-21H2. The molecule has 45 heavy (non-hydrogen) atoms. The number of hydrogen-bond acceptors (Lipinski definition) is 4. The average molecular weight is 632 g/mol. The van der Waals surface area contributed by atoms with E-state index in [0.717, 1.165) is 32.9 Å². The van der Waals surface area contributed by atoms with Crippen LogP contribution in [0.15, 0.2) is 109 Å². The third kappa shape index (κ3) is 5.87. The van der Waals surface area contributed by atoms with E-state index in [9.17, 15) is 9.59 Å². The summed E-state index contributed by atoms with van der Waals surface area (Å²) in [5, 5.41) is 2.88. The zero-order valence-electron chi connectivity index (χ0n) is 24.3. The maximum Gasteiger partial charge on any atom is 0.254 e. The van der Waals surface area contributed by atoms with Crippen molar-refractivity contribution in [1.82, 2.24) is 19.8 Å². The third-order valence-electron chi connectivity index (χ3n) is 8.24. The summed E-state index contributed by atoms with van der Waals surface area (Å²) in [6.45, 7) is 1.93. The van der Waals surface area contributed by atoms with Crippen molar-refractivity contribution in [3.8, 4) is 22.5 Å². The third-order valence-corrected chi connectivity index (χ3v) is 8.75. The van der Waals surface area contributed by atoms with Gasteiger partial charge in [0, 0.05) is 58.1 Å². The number of amides is 2. The molecule has 0 spiro atoms. The quantitative estimate of drug-likeness (QED) is 0.196. The Labute approximate surface area is 270 Å². The van der Waals surface area contributed by atoms with Crippen LogP contribution >= 0.6 is 23.2 Å². The topological polar surface area (TPSA) is 66.4 Å². The molecule has 3 heterocycles. The minimum Gasteiger partial charge on any atom is -0.337 e. The molecule has 1 aliphatic rings. The Morgan fingerprint density at radius 2 is 0.933 bits per heavy atom. The highest BCUT2D eigenvalue weighted by Crippen LogP contribution is 2.29. The summed E-state index contributed by atoms with van der Waals surface area (Å²) in [7, 11) is 0. The summed E-state index contributed by atoms with van der Waals surface area (Å²) in [4.78, 5) is 41.6. The number of rotatable bonds is 4. The molecule has 0 aliphatic carbocycles. The van der Waals surface area contributed by atoms with E-state index in [1.165, 1.54) is 0 Å². The summed E-state index contributed by atoms with van der Waals surface area (Å²) >= 11 is 12.2. The molecule has 0 atom stereocenters. The van der Waals surface area contributed by atoms with Crippen LogP contribution in [0.25, 0.3) is 44.3 Å². The van der Waals surface area contributed by atoms with Crippen molar-refractivity contribution >= 4 is 56.8 Å². The lowest BCUT2D eigenvalue weighted by molar-refractivity contribution is 0.0720. The van der Waals surface area contributed by atoms with Gasteiger partial charge in [0.25, 0.3) is 11.8 Å². The number of halogens is 2. The van der Waals surface area contributed by atoms with Crippen LogP contribution in [-0.2, 0) is 0 Å². The largest absolute Gasteiger partial charge is 0.337 e. The number of carbonyl (C=O) groups is 2. The molecule has 222 valence electrons. The van der Waals surface area contributed by atoms with Crippen LogP contribution in [0.5, 0.6) is 0 Å². The first kappa shape index (κ1) is 29.0. The zero-order valence-corrected chi connectivity index (χ0v) is 25.8. The van der Waals surface area contributed by atoms with Gasteiger partial charge in [-0.25, -0.2) is 9.97 Å². The summed E-state index contributed by atoms with van der Waals surface area (Å²) in [6, 6.07) is 34.0. The number of benzene rings is 4. The van der Waals surface area contributed by atoms with E-state index in [0.29, 0.717) is 65.2 Å². The molecule has 2 aromatic heterocycles. The Balaban J connectivity index is 1.17. The summed E-state index contributed by atoms with van der Waals surface area (Å²) in [6.07, 6.45) is 0.664. The van der Waals surface area contributed by atoms with Crippen molar-refractivity contribution in [2.24, 2.45) is 0 Å². The molecular formula is C37H28Cl2N4O2. The first-order chi connectivity index (χ1) is 21.9. The maximum atomic E-state index is 14.1. The van der Waals surface area contributed by atoms with E-state index in [1.807, 2.05) is 119 Å². The van der Waals surface area contributed by atoms with Crippen LogP contribution in [0.2, 0.25) is 10.0 Å². The fourth-order valence-corrected chi connectivity index (χ4v) is 6.16. The smallest absolute Gasteiger partial charge is 0.254 e. The van der Waals surface area contributed by atoms with Gasteiger partial charge >= 0.3 is 0 Å². The van der Waals surface area contributed by atoms with Crippen LogP contribution in [0.3, 0.4) is 0 Å². The normalized spacial score (nSPS) is 13.6. The first-order valence-electron chi connectivity index (χ1n) is 14.8. The van der Waals surface area contributed by atoms with Crippen LogP contribution < -0.4 is 0 Å². The minimum absolute atomic E-state index is 0.0718. The second kappa shape index (κ2) is 12.3. The first-order valence-corrected chi connectivity index (χ1v) is 15.6. The number of pyridine rings is 2. The number of fused-ring (bicyclic) bond motifs is 2. The molecule has 2 amide bonds. The molecular weight excluding hydrogens is 603 g/mol. The number of aromatic nitrogens is 2. The van der Waals surface area contributed by atoms with Crippen LogP contribution in [-0.4, -0.2) is 57.8 Å². The molecule has 1 aliphatic heterocycles. The van der Waals surface area contributed by atoms with Gasteiger partial charge in [-0.05, 0) is 55.0 Å². The lowest BCUT2D eigenvalue weighted by Gasteiger charge is -2.23. The molecule has 0 unspecified atom stereocenters. The molecule has 6 nitrogen and oxygen atoms in total. The molecule has 7 rings (SSSR count). The number of para-hydroxylation sites is 2. The van der Waals surface area contributed by atoms with Gasteiger partial charge < -0.3 is 9.80 Å². The highest BCUT2D eigenvalue weighted by Gasteiger charge is 2.26. The fraction of sp³-hybridized carbons (Fsp3) is 0.135. The van der Waals surface area contributed by atoms with Crippen molar-refractivity contribution < 1.29 is 9.59 Å². The second-order valence-electron chi connectivity index (χ2n) is 11.1. The number of hydrogen-bond donors (Lipinski definition) is 0. The van der Waals surface area contributed by atoms with E-state index in [1.54, 1.807) is 0 Å². The molecule has 1 saturated heterocycles. The van der Waals surface area contributed by atoms with Crippen LogP contribution in [0, 0.1) is 0 Å². The minimum atomic E-state index is -0.0718. The highest BCUT2D eigenvalue weighted by molar-refractivity contribution is 6.31. The Bertz CT molecular complexity index is 1910. The van der Waals surface area contributed by atoms with Crippen molar-refractivity contribution in [2.45, 2.75) is 6.42 Å². The zero-order chi connectivity index (χ0) is 30.9. The number of nitrogens with zero attached hydrogens (tertiary/aromatic N) is 4. The van der Waals surface area contributed by atoms with Gasteiger partial charge in [0.15, 0.2) is 0 Å². The molecule has 4 aromatic carbocycles. The van der Waals surface area contributed by atoms with Gasteiger partial charge in [0.1, 0.15) is 0 Å². The van der Waals surface area contributed by atoms with Crippen molar-refractivity contribution in [3.63, 3.8) is 0 Å². The SMILES string of the molecule is O=C(c1cc(-c2ccc(Cl)cc2)nc2ccccc12)N1CCCN(C(=O)c2cc(-c3ccc(Cl)cc3)nc3ccccc23)CC1. The lowest BCUT2D eigenvalue weighted by Crippen LogP contribution is -2.37. The van der Waals surface area contributed by atoms with E-state index < -0.39 is 0 Å². The van der Waals surface area contributed by atoms with Crippen LogP contribution in [0.4, 0.5) is 0 Å². The number of carbonyl (C=O) groups excluding carboxylic acids is 2. The molecule has 6 aromatic rings. The van der Waals surface area contributed by atoms with E-state index in [-0.39, 0.29) is 11.8 Å². The Hall–Kier alpha value is -4.78. The van der Waals surface area contributed by atoms with Gasteiger partial charge in [0.2, 0.25) is 0 Å². The predicted octanol–water partition coefficient (Wildman–Crippen LogP) is 8.41. The van der Waals surface area contributed by atoms with Gasteiger partial charge in [-0.2, -0.15) is 0 Å². The predicted molar refractivity (Wildman–Crippen MR) is 181 cm³/mol. The molecule has 1 fully saturated rings. The summed E-state index contributed by atoms with van der Waals surface area (Å²) in [5.74, 6) is -0.144. The molecule has 0 bridgehead atoms. The van der Waals surface area contributed by atoms with Crippen molar-refractivity contribution in [1.29, 1.82) is 0 Å². The van der Waals surface area contributed by atoms with E-state index >= 15 is 0 Å². The summed E-state index contributed by atoms with van der Waals surface area (Å²) in [5.41, 5.74) is 5.88. The van der Waals surface area contributed by atoms with Crippen molar-refractivity contribution in [2.75, 3.05) is 26.2 Å². The van der Waals surface area contributed by atoms with Gasteiger partial charge in [0.05, 0.1) is 33.5 Å². The molecule has 0 N–H and O–H groups in total. The Kier molecular flexibility index (Phi) is 7.92. The fourth-order valence-electron chi connectivity index (χ4n) is 5.91. The van der Waals surface area contributed by atoms with E-state index in [4.69, 9.17) is 33.2 Å². The molecule has 8 heteroatoms. The van der Waals surface area contributed by atoms with E-state index in [2.05, 4.69) is 0 Å². The average Bonchev–Trinajstić information content (AvgIpc) is 3.34. The Morgan fingerprint density at radius 1 is 0.533 bits per heavy atom.